The largest absolute Gasteiger partial charge is 0.494 e. The Balaban J connectivity index is 0.00000289. The number of rotatable bonds is 7. The van der Waals surface area contributed by atoms with Gasteiger partial charge in [-0.05, 0) is 57.1 Å². The number of likely N-dealkylation sites (tertiary alicyclic amines) is 1. The van der Waals surface area contributed by atoms with Crippen molar-refractivity contribution < 1.29 is 23.6 Å². The summed E-state index contributed by atoms with van der Waals surface area (Å²) in [5, 5.41) is 15.3. The fourth-order valence-electron chi connectivity index (χ4n) is 4.10. The highest BCUT2D eigenvalue weighted by Gasteiger charge is 2.32. The number of ether oxygens (including phenoxy) is 1. The van der Waals surface area contributed by atoms with Crippen LogP contribution >= 0.6 is 12.4 Å². The highest BCUT2D eigenvalue weighted by Crippen LogP contribution is 2.32. The van der Waals surface area contributed by atoms with Crippen molar-refractivity contribution in [3.05, 3.63) is 65.8 Å². The zero-order valence-electron chi connectivity index (χ0n) is 18.0. The van der Waals surface area contributed by atoms with E-state index >= 15 is 0 Å². The van der Waals surface area contributed by atoms with Crippen molar-refractivity contribution in [1.82, 2.24) is 10.1 Å². The van der Waals surface area contributed by atoms with Crippen LogP contribution in [0.1, 0.15) is 37.8 Å². The number of hydrogen-bond acceptors (Lipinski definition) is 6. The first-order valence-corrected chi connectivity index (χ1v) is 10.6. The summed E-state index contributed by atoms with van der Waals surface area (Å²) in [6, 6.07) is 4.58. The molecule has 0 spiro atoms. The van der Waals surface area contributed by atoms with Crippen molar-refractivity contribution >= 4 is 29.2 Å². The molecular formula is C24H28ClFN2O4. The minimum Gasteiger partial charge on any atom is -0.494 e. The molecule has 0 bridgehead atoms. The topological polar surface area (TPSA) is 75.8 Å². The lowest BCUT2D eigenvalue weighted by molar-refractivity contribution is -0.131. The number of carbonyl (C=O) groups excluding carboxylic acids is 1. The Morgan fingerprint density at radius 3 is 2.91 bits per heavy atom. The van der Waals surface area contributed by atoms with Gasteiger partial charge in [0.1, 0.15) is 23.8 Å². The maximum absolute atomic E-state index is 13.3. The Labute approximate surface area is 192 Å². The molecule has 172 valence electrons. The van der Waals surface area contributed by atoms with Crippen LogP contribution in [0.15, 0.2) is 58.9 Å². The van der Waals surface area contributed by atoms with Gasteiger partial charge < -0.3 is 14.4 Å². The number of hydrogen-bond donors (Lipinski definition) is 1. The number of nitrogens with zero attached hydrogens (tertiary/aromatic N) is 2. The third-order valence-corrected chi connectivity index (χ3v) is 6.04. The molecule has 1 fully saturated rings. The number of fused-ring (bicyclic) bond motifs is 1. The van der Waals surface area contributed by atoms with E-state index in [0.29, 0.717) is 23.9 Å². The van der Waals surface area contributed by atoms with Crippen molar-refractivity contribution in [3.8, 4) is 0 Å². The van der Waals surface area contributed by atoms with Crippen LogP contribution in [-0.4, -0.2) is 52.8 Å². The van der Waals surface area contributed by atoms with Crippen LogP contribution in [0.4, 0.5) is 4.39 Å². The molecule has 6 nitrogen and oxygen atoms in total. The number of benzene rings is 1. The molecule has 0 radical (unpaired) electrons. The highest BCUT2D eigenvalue weighted by molar-refractivity contribution is 5.87. The molecule has 2 aliphatic rings. The first-order chi connectivity index (χ1) is 14.9. The van der Waals surface area contributed by atoms with Crippen LogP contribution in [0.25, 0.3) is 11.0 Å². The van der Waals surface area contributed by atoms with Crippen molar-refractivity contribution in [2.45, 2.75) is 37.7 Å². The Kier molecular flexibility index (Phi) is 7.87. The number of Topliss-reactive ketones (excluding diaryl/α,β-unsaturated/α-hetero) is 1. The number of ketones is 1. The fourth-order valence-corrected chi connectivity index (χ4v) is 4.10. The summed E-state index contributed by atoms with van der Waals surface area (Å²) in [4.78, 5) is 13.9. The summed E-state index contributed by atoms with van der Waals surface area (Å²) in [5.74, 6) is 0.321. The van der Waals surface area contributed by atoms with E-state index in [-0.39, 0.29) is 30.4 Å². The molecule has 2 heterocycles. The molecule has 1 aliphatic heterocycles. The number of piperidine rings is 1. The first kappa shape index (κ1) is 24.2. The molecule has 0 saturated carbocycles. The summed E-state index contributed by atoms with van der Waals surface area (Å²) in [7, 11) is 0. The number of halogens is 2. The molecule has 1 atom stereocenters. The third-order valence-electron chi connectivity index (χ3n) is 6.04. The van der Waals surface area contributed by atoms with Gasteiger partial charge in [0, 0.05) is 30.3 Å². The van der Waals surface area contributed by atoms with Crippen molar-refractivity contribution in [2.24, 2.45) is 0 Å². The molecule has 1 aromatic carbocycles. The average Bonchev–Trinajstić information content (AvgIpc) is 3.17. The summed E-state index contributed by atoms with van der Waals surface area (Å²) >= 11 is 0. The molecular weight excluding hydrogens is 435 g/mol. The van der Waals surface area contributed by atoms with Crippen molar-refractivity contribution in [1.29, 1.82) is 0 Å². The van der Waals surface area contributed by atoms with Crippen LogP contribution in [-0.2, 0) is 9.53 Å². The fraction of sp³-hybridized carbons (Fsp3) is 0.417. The van der Waals surface area contributed by atoms with E-state index < -0.39 is 5.60 Å². The quantitative estimate of drug-likeness (QED) is 0.618. The van der Waals surface area contributed by atoms with Crippen LogP contribution < -0.4 is 0 Å². The standard InChI is InChI=1S/C24H27FN2O4.ClH/c1-17(28)24(29)10-4-5-20(16-24)30-14-3-2-11-27-12-8-18(9-13-27)23-21-7-6-19(25)15-22(21)31-26-23;/h2-7,10,15,18,29H,8-9,11-14,16H2,1H3;1H. The number of carbonyl (C=O) groups is 1. The Morgan fingerprint density at radius 1 is 1.38 bits per heavy atom. The lowest BCUT2D eigenvalue weighted by atomic mass is 9.90. The van der Waals surface area contributed by atoms with Gasteiger partial charge in [-0.25, -0.2) is 4.39 Å². The molecule has 1 unspecified atom stereocenters. The monoisotopic (exact) mass is 462 g/mol. The zero-order chi connectivity index (χ0) is 21.8. The predicted octanol–water partition coefficient (Wildman–Crippen LogP) is 4.30. The third kappa shape index (κ3) is 5.46. The molecule has 2 aromatic rings. The van der Waals surface area contributed by atoms with Crippen molar-refractivity contribution in [3.63, 3.8) is 0 Å². The van der Waals surface area contributed by atoms with Gasteiger partial charge in [0.05, 0.1) is 5.69 Å². The molecule has 1 N–H and O–H groups in total. The molecule has 8 heteroatoms. The van der Waals surface area contributed by atoms with Gasteiger partial charge in [0.2, 0.25) is 0 Å². The Bertz CT molecular complexity index is 1040. The molecule has 1 aliphatic carbocycles. The maximum Gasteiger partial charge on any atom is 0.170 e. The zero-order valence-corrected chi connectivity index (χ0v) is 18.8. The van der Waals surface area contributed by atoms with Crippen LogP contribution in [0, 0.1) is 5.82 Å². The van der Waals surface area contributed by atoms with Crippen molar-refractivity contribution in [2.75, 3.05) is 26.2 Å². The smallest absolute Gasteiger partial charge is 0.170 e. The van der Waals surface area contributed by atoms with Gasteiger partial charge in [0.25, 0.3) is 0 Å². The van der Waals surface area contributed by atoms with Gasteiger partial charge in [0.15, 0.2) is 11.4 Å². The van der Waals surface area contributed by atoms with Gasteiger partial charge in [-0.15, -0.1) is 12.4 Å². The minimum atomic E-state index is -1.46. The summed E-state index contributed by atoms with van der Waals surface area (Å²) in [6.45, 7) is 4.50. The number of aliphatic hydroxyl groups is 1. The Morgan fingerprint density at radius 2 is 2.16 bits per heavy atom. The summed E-state index contributed by atoms with van der Waals surface area (Å²) < 4.78 is 24.3. The predicted molar refractivity (Wildman–Crippen MR) is 122 cm³/mol. The van der Waals surface area contributed by atoms with Gasteiger partial charge in [-0.2, -0.15) is 0 Å². The molecule has 4 rings (SSSR count). The molecule has 1 saturated heterocycles. The van der Waals surface area contributed by atoms with E-state index in [2.05, 4.69) is 16.1 Å². The summed E-state index contributed by atoms with van der Waals surface area (Å²) in [5.41, 5.74) is -0.0221. The first-order valence-electron chi connectivity index (χ1n) is 10.6. The second kappa shape index (κ2) is 10.4. The molecule has 32 heavy (non-hydrogen) atoms. The second-order valence-corrected chi connectivity index (χ2v) is 8.21. The highest BCUT2D eigenvalue weighted by atomic mass is 35.5. The van der Waals surface area contributed by atoms with E-state index in [1.807, 2.05) is 6.08 Å². The lowest BCUT2D eigenvalue weighted by Crippen LogP contribution is -2.36. The lowest BCUT2D eigenvalue weighted by Gasteiger charge is -2.30. The second-order valence-electron chi connectivity index (χ2n) is 8.21. The molecule has 1 aromatic heterocycles. The van der Waals surface area contributed by atoms with E-state index in [1.54, 1.807) is 18.2 Å². The minimum absolute atomic E-state index is 0. The van der Waals surface area contributed by atoms with Gasteiger partial charge in [-0.1, -0.05) is 23.4 Å². The maximum atomic E-state index is 13.3. The van der Waals surface area contributed by atoms with E-state index in [9.17, 15) is 14.3 Å². The van der Waals surface area contributed by atoms with Gasteiger partial charge >= 0.3 is 0 Å². The molecule has 0 amide bonds. The van der Waals surface area contributed by atoms with E-state index in [1.165, 1.54) is 25.1 Å². The van der Waals surface area contributed by atoms with E-state index in [4.69, 9.17) is 9.26 Å². The van der Waals surface area contributed by atoms with Crippen LogP contribution in [0.5, 0.6) is 0 Å². The Hall–Kier alpha value is -2.48. The van der Waals surface area contributed by atoms with Gasteiger partial charge in [-0.3, -0.25) is 9.69 Å². The normalized spacial score (nSPS) is 22.2. The van der Waals surface area contributed by atoms with Crippen LogP contribution in [0.2, 0.25) is 0 Å². The number of aromatic nitrogens is 1. The SMILES string of the molecule is CC(=O)C1(O)C=CC=C(OCC=CCN2CCC(c3noc4cc(F)ccc34)CC2)C1.Cl. The summed E-state index contributed by atoms with van der Waals surface area (Å²) in [6.07, 6.45) is 11.1. The van der Waals surface area contributed by atoms with E-state index in [0.717, 1.165) is 43.6 Å². The van der Waals surface area contributed by atoms with Crippen LogP contribution in [0.3, 0.4) is 0 Å². The number of allylic oxidation sites excluding steroid dienone is 2. The average molecular weight is 463 g/mol.